The van der Waals surface area contributed by atoms with E-state index in [0.29, 0.717) is 6.54 Å². The number of hydrogen-bond acceptors (Lipinski definition) is 4. The summed E-state index contributed by atoms with van der Waals surface area (Å²) in [5.41, 5.74) is 3.63. The zero-order valence-corrected chi connectivity index (χ0v) is 18.2. The number of carbonyl (C=O) groups excluding carboxylic acids is 1. The van der Waals surface area contributed by atoms with E-state index in [-0.39, 0.29) is 12.0 Å². The average molecular weight is 418 g/mol. The topological polar surface area (TPSA) is 49.8 Å². The molecule has 0 heterocycles. The number of nitrogens with zero attached hydrogens (tertiary/aromatic N) is 1. The molecule has 0 saturated carbocycles. The Morgan fingerprint density at radius 3 is 1.81 bits per heavy atom. The second-order valence-corrected chi connectivity index (χ2v) is 7.93. The lowest BCUT2D eigenvalue weighted by Gasteiger charge is -2.30. The van der Waals surface area contributed by atoms with Gasteiger partial charge in [0.1, 0.15) is 0 Å². The third kappa shape index (κ3) is 6.78. The molecule has 3 aromatic carbocycles. The lowest BCUT2D eigenvalue weighted by atomic mass is 9.88. The first-order chi connectivity index (χ1) is 15.0. The summed E-state index contributed by atoms with van der Waals surface area (Å²) < 4.78 is 0. The smallest absolute Gasteiger partial charge is 0.353 e. The molecule has 0 aliphatic carbocycles. The molecule has 31 heavy (non-hydrogen) atoms. The van der Waals surface area contributed by atoms with Crippen LogP contribution in [-0.2, 0) is 16.1 Å². The highest BCUT2D eigenvalue weighted by Gasteiger charge is 2.24. The quantitative estimate of drug-likeness (QED) is 0.473. The van der Waals surface area contributed by atoms with E-state index < -0.39 is 12.1 Å². The second-order valence-electron chi connectivity index (χ2n) is 7.93. The minimum Gasteiger partial charge on any atom is -0.382 e. The van der Waals surface area contributed by atoms with E-state index in [2.05, 4.69) is 60.7 Å². The first-order valence-corrected chi connectivity index (χ1v) is 10.8. The van der Waals surface area contributed by atoms with E-state index in [4.69, 9.17) is 4.84 Å². The SMILES string of the molecule is CC(O)C(=O)ON(CCC(c1ccccc1)c1ccccc1)C(C)Cc1ccccc1. The largest absolute Gasteiger partial charge is 0.382 e. The van der Waals surface area contributed by atoms with Gasteiger partial charge in [0.15, 0.2) is 6.10 Å². The number of rotatable bonds is 10. The molecule has 0 amide bonds. The maximum atomic E-state index is 12.2. The predicted molar refractivity (Wildman–Crippen MR) is 123 cm³/mol. The molecule has 162 valence electrons. The van der Waals surface area contributed by atoms with E-state index >= 15 is 0 Å². The standard InChI is InChI=1S/C27H31NO3/c1-21(20-23-12-6-3-7-13-23)28(31-27(30)22(2)29)19-18-26(24-14-8-4-9-15-24)25-16-10-5-11-17-25/h3-17,21-22,26,29H,18-20H2,1-2H3. The molecule has 0 saturated heterocycles. The highest BCUT2D eigenvalue weighted by atomic mass is 16.7. The van der Waals surface area contributed by atoms with Crippen LogP contribution in [0, 0.1) is 0 Å². The first kappa shape index (κ1) is 22.7. The van der Waals surface area contributed by atoms with Crippen molar-refractivity contribution in [2.75, 3.05) is 6.54 Å². The lowest BCUT2D eigenvalue weighted by molar-refractivity contribution is -0.209. The van der Waals surface area contributed by atoms with Crippen molar-refractivity contribution in [2.45, 2.75) is 44.8 Å². The summed E-state index contributed by atoms with van der Waals surface area (Å²) >= 11 is 0. The normalized spacial score (nSPS) is 13.2. The van der Waals surface area contributed by atoms with Crippen LogP contribution < -0.4 is 0 Å². The highest BCUT2D eigenvalue weighted by molar-refractivity contribution is 5.73. The number of hydroxylamine groups is 2. The van der Waals surface area contributed by atoms with Crippen LogP contribution in [0.3, 0.4) is 0 Å². The van der Waals surface area contributed by atoms with Gasteiger partial charge in [0.05, 0.1) is 0 Å². The summed E-state index contributed by atoms with van der Waals surface area (Å²) in [6.45, 7) is 4.03. The molecule has 0 aliphatic heterocycles. The molecule has 3 rings (SSSR count). The molecule has 3 aromatic rings. The lowest BCUT2D eigenvalue weighted by Crippen LogP contribution is -2.40. The zero-order chi connectivity index (χ0) is 22.1. The van der Waals surface area contributed by atoms with Gasteiger partial charge in [-0.15, -0.1) is 5.06 Å². The van der Waals surface area contributed by atoms with Gasteiger partial charge < -0.3 is 9.94 Å². The van der Waals surface area contributed by atoms with Gasteiger partial charge in [-0.25, -0.2) is 4.79 Å². The molecular formula is C27H31NO3. The summed E-state index contributed by atoms with van der Waals surface area (Å²) in [5, 5.41) is 11.4. The number of carbonyl (C=O) groups is 1. The summed E-state index contributed by atoms with van der Waals surface area (Å²) in [5.74, 6) is -0.449. The van der Waals surface area contributed by atoms with Crippen LogP contribution in [0.5, 0.6) is 0 Å². The fourth-order valence-corrected chi connectivity index (χ4v) is 3.76. The van der Waals surface area contributed by atoms with Crippen molar-refractivity contribution in [3.8, 4) is 0 Å². The molecule has 0 radical (unpaired) electrons. The van der Waals surface area contributed by atoms with E-state index in [1.807, 2.05) is 37.3 Å². The first-order valence-electron chi connectivity index (χ1n) is 10.8. The molecule has 2 unspecified atom stereocenters. The van der Waals surface area contributed by atoms with Gasteiger partial charge in [-0.1, -0.05) is 91.0 Å². The van der Waals surface area contributed by atoms with Gasteiger partial charge in [0.2, 0.25) is 0 Å². The highest BCUT2D eigenvalue weighted by Crippen LogP contribution is 2.28. The van der Waals surface area contributed by atoms with Crippen molar-refractivity contribution in [1.82, 2.24) is 5.06 Å². The monoisotopic (exact) mass is 417 g/mol. The molecule has 0 aromatic heterocycles. The van der Waals surface area contributed by atoms with Crippen LogP contribution in [0.2, 0.25) is 0 Å². The number of hydrogen-bond donors (Lipinski definition) is 1. The summed E-state index contributed by atoms with van der Waals surface area (Å²) in [7, 11) is 0. The third-order valence-electron chi connectivity index (χ3n) is 5.46. The van der Waals surface area contributed by atoms with E-state index in [1.54, 1.807) is 5.06 Å². The van der Waals surface area contributed by atoms with Crippen LogP contribution in [0.1, 0.15) is 42.9 Å². The molecule has 4 nitrogen and oxygen atoms in total. The average Bonchev–Trinajstić information content (AvgIpc) is 2.80. The van der Waals surface area contributed by atoms with Crippen molar-refractivity contribution in [2.24, 2.45) is 0 Å². The minimum atomic E-state index is -1.16. The maximum Gasteiger partial charge on any atom is 0.353 e. The number of aliphatic hydroxyl groups is 1. The number of benzene rings is 3. The van der Waals surface area contributed by atoms with E-state index in [9.17, 15) is 9.90 Å². The van der Waals surface area contributed by atoms with Gasteiger partial charge in [-0.3, -0.25) is 0 Å². The Balaban J connectivity index is 1.78. The Hall–Kier alpha value is -2.95. The van der Waals surface area contributed by atoms with Crippen LogP contribution >= 0.6 is 0 Å². The molecule has 0 fully saturated rings. The summed E-state index contributed by atoms with van der Waals surface area (Å²) in [6.07, 6.45) is 0.362. The fraction of sp³-hybridized carbons (Fsp3) is 0.296. The molecule has 0 bridgehead atoms. The molecule has 4 heteroatoms. The van der Waals surface area contributed by atoms with Crippen LogP contribution in [0.4, 0.5) is 0 Å². The maximum absolute atomic E-state index is 12.2. The fourth-order valence-electron chi connectivity index (χ4n) is 3.76. The Labute approximate surface area is 185 Å². The Morgan fingerprint density at radius 1 is 0.839 bits per heavy atom. The van der Waals surface area contributed by atoms with Gasteiger partial charge in [-0.05, 0) is 43.4 Å². The van der Waals surface area contributed by atoms with Crippen molar-refractivity contribution in [3.63, 3.8) is 0 Å². The predicted octanol–water partition coefficient (Wildman–Crippen LogP) is 4.98. The Kier molecular flexibility index (Phi) is 8.39. The summed E-state index contributed by atoms with van der Waals surface area (Å²) in [6, 6.07) is 30.9. The van der Waals surface area contributed by atoms with E-state index in [0.717, 1.165) is 12.8 Å². The molecule has 0 spiro atoms. The van der Waals surface area contributed by atoms with Gasteiger partial charge >= 0.3 is 5.97 Å². The third-order valence-corrected chi connectivity index (χ3v) is 5.46. The molecule has 2 atom stereocenters. The van der Waals surface area contributed by atoms with Crippen molar-refractivity contribution < 1.29 is 14.7 Å². The summed E-state index contributed by atoms with van der Waals surface area (Å²) in [4.78, 5) is 17.8. The second kappa shape index (κ2) is 11.4. The van der Waals surface area contributed by atoms with Crippen LogP contribution in [-0.4, -0.2) is 34.8 Å². The van der Waals surface area contributed by atoms with Gasteiger partial charge in [-0.2, -0.15) is 0 Å². The van der Waals surface area contributed by atoms with E-state index in [1.165, 1.54) is 23.6 Å². The van der Waals surface area contributed by atoms with Crippen molar-refractivity contribution in [3.05, 3.63) is 108 Å². The minimum absolute atomic E-state index is 0.0303. The Bertz CT molecular complexity index is 873. The van der Waals surface area contributed by atoms with Crippen LogP contribution in [0.25, 0.3) is 0 Å². The van der Waals surface area contributed by atoms with Gasteiger partial charge in [0, 0.05) is 18.5 Å². The zero-order valence-electron chi connectivity index (χ0n) is 18.2. The number of aliphatic hydroxyl groups excluding tert-OH is 1. The van der Waals surface area contributed by atoms with Crippen LogP contribution in [0.15, 0.2) is 91.0 Å². The van der Waals surface area contributed by atoms with Crippen molar-refractivity contribution in [1.29, 1.82) is 0 Å². The molecular weight excluding hydrogens is 386 g/mol. The van der Waals surface area contributed by atoms with Gasteiger partial charge in [0.25, 0.3) is 0 Å². The molecule has 0 aliphatic rings. The van der Waals surface area contributed by atoms with Crippen molar-refractivity contribution >= 4 is 5.97 Å². The Morgan fingerprint density at radius 2 is 1.32 bits per heavy atom. The molecule has 1 N–H and O–H groups in total.